The van der Waals surface area contributed by atoms with Crippen LogP contribution in [-0.2, 0) is 10.1 Å². The first-order valence-corrected chi connectivity index (χ1v) is 5.15. The molecule has 0 saturated heterocycles. The number of hydrogen-bond acceptors (Lipinski definition) is 2. The molecule has 0 aliphatic heterocycles. The van der Waals surface area contributed by atoms with Gasteiger partial charge in [0.15, 0.2) is 0 Å². The monoisotopic (exact) mass is 188 g/mol. The van der Waals surface area contributed by atoms with Gasteiger partial charge in [-0.15, -0.1) is 0 Å². The van der Waals surface area contributed by atoms with Crippen molar-refractivity contribution in [3.8, 4) is 0 Å². The fraction of sp³-hybridized carbons (Fsp3) is 0.857. The molecular formula is C7H17LiO3S. The largest absolute Gasteiger partial charge is 1.00 e. The molecule has 3 nitrogen and oxygen atoms in total. The van der Waals surface area contributed by atoms with Gasteiger partial charge in [0.05, 0.1) is 0 Å². The molecule has 1 N–H and O–H groups in total. The molecule has 0 aromatic rings. The first kappa shape index (κ1) is 18.3. The topological polar surface area (TPSA) is 54.4 Å². The van der Waals surface area contributed by atoms with Crippen LogP contribution in [0.4, 0.5) is 0 Å². The number of hydrogen-bond donors (Lipinski definition) is 1. The van der Waals surface area contributed by atoms with Crippen molar-refractivity contribution in [2.24, 2.45) is 5.92 Å². The van der Waals surface area contributed by atoms with Crippen LogP contribution >= 0.6 is 0 Å². The Morgan fingerprint density at radius 3 is 1.58 bits per heavy atom. The van der Waals surface area contributed by atoms with Gasteiger partial charge in [-0.05, 0) is 5.92 Å². The average Bonchev–Trinajstić information content (AvgIpc) is 1.58. The van der Waals surface area contributed by atoms with Crippen molar-refractivity contribution in [2.45, 2.75) is 27.2 Å². The average molecular weight is 188 g/mol. The molecule has 5 heteroatoms. The van der Waals surface area contributed by atoms with Gasteiger partial charge in [-0.3, -0.25) is 4.55 Å². The normalized spacial score (nSPS) is 9.83. The zero-order valence-electron chi connectivity index (χ0n) is 8.37. The second-order valence-corrected chi connectivity index (χ2v) is 4.44. The third-order valence-electron chi connectivity index (χ3n) is 0.402. The quantitative estimate of drug-likeness (QED) is 0.335. The van der Waals surface area contributed by atoms with Crippen molar-refractivity contribution in [1.29, 1.82) is 0 Å². The Kier molecular flexibility index (Phi) is 14.6. The van der Waals surface area contributed by atoms with Crippen LogP contribution < -0.4 is 18.9 Å². The van der Waals surface area contributed by atoms with Gasteiger partial charge >= 0.3 is 18.9 Å². The van der Waals surface area contributed by atoms with E-state index in [1.165, 1.54) is 0 Å². The van der Waals surface area contributed by atoms with Gasteiger partial charge in [0.2, 0.25) is 0 Å². The summed E-state index contributed by atoms with van der Waals surface area (Å²) in [6.07, 6.45) is 0.221. The van der Waals surface area contributed by atoms with Gasteiger partial charge in [-0.2, -0.15) is 14.8 Å². The van der Waals surface area contributed by atoms with Crippen LogP contribution in [0.1, 0.15) is 27.2 Å². The van der Waals surface area contributed by atoms with E-state index in [4.69, 9.17) is 4.55 Å². The molecule has 0 unspecified atom stereocenters. The summed E-state index contributed by atoms with van der Waals surface area (Å²) in [6, 6.07) is 0. The van der Waals surface area contributed by atoms with Crippen LogP contribution in [0.25, 0.3) is 0 Å². The summed E-state index contributed by atoms with van der Waals surface area (Å²) in [5.74, 6) is 0.590. The molecule has 0 rings (SSSR count). The molecule has 0 aliphatic carbocycles. The van der Waals surface area contributed by atoms with Crippen molar-refractivity contribution >= 4 is 10.1 Å². The van der Waals surface area contributed by atoms with Crippen molar-refractivity contribution in [2.75, 3.05) is 5.75 Å². The Bertz CT molecular complexity index is 161. The summed E-state index contributed by atoms with van der Waals surface area (Å²) in [7, 11) is -3.74. The van der Waals surface area contributed by atoms with E-state index >= 15 is 0 Å². The first-order chi connectivity index (χ1) is 4.79. The van der Waals surface area contributed by atoms with Gasteiger partial charge in [0.25, 0.3) is 10.1 Å². The molecule has 0 aromatic carbocycles. The molecule has 0 bridgehead atoms. The van der Waals surface area contributed by atoms with Crippen LogP contribution in [0.5, 0.6) is 0 Å². The second kappa shape index (κ2) is 9.59. The predicted octanol–water partition coefficient (Wildman–Crippen LogP) is -1.24. The van der Waals surface area contributed by atoms with E-state index in [1.54, 1.807) is 0 Å². The van der Waals surface area contributed by atoms with Crippen molar-refractivity contribution in [3.05, 3.63) is 6.92 Å². The molecule has 0 amide bonds. The molecular weight excluding hydrogens is 171 g/mol. The Balaban J connectivity index is -0.000000142. The van der Waals surface area contributed by atoms with Crippen molar-refractivity contribution in [3.63, 3.8) is 0 Å². The van der Waals surface area contributed by atoms with E-state index in [0.29, 0.717) is 0 Å². The maximum atomic E-state index is 9.75. The SMILES string of the molecule is CC(C)C.[CH2-]CCS(=O)(=O)O.[Li+]. The zero-order chi connectivity index (χ0) is 9.49. The van der Waals surface area contributed by atoms with E-state index in [2.05, 4.69) is 27.7 Å². The minimum Gasteiger partial charge on any atom is -0.342 e. The minimum atomic E-state index is -3.74. The standard InChI is InChI=1S/C4H10.C3H7O3S.Li/c1-4(2)3;1-2-3-7(4,5)6;/h4H,1-3H3;1-3H2,(H,4,5,6);/q;-1;+1. The third kappa shape index (κ3) is 46.7. The van der Waals surface area contributed by atoms with Crippen molar-refractivity contribution < 1.29 is 31.8 Å². The van der Waals surface area contributed by atoms with Gasteiger partial charge in [-0.1, -0.05) is 20.8 Å². The van der Waals surface area contributed by atoms with E-state index in [0.717, 1.165) is 5.92 Å². The van der Waals surface area contributed by atoms with Gasteiger partial charge in [0, 0.05) is 5.75 Å². The Morgan fingerprint density at radius 1 is 1.33 bits per heavy atom. The van der Waals surface area contributed by atoms with Crippen molar-refractivity contribution in [1.82, 2.24) is 0 Å². The minimum absolute atomic E-state index is 0. The summed E-state index contributed by atoms with van der Waals surface area (Å²) < 4.78 is 27.4. The third-order valence-corrected chi connectivity index (χ3v) is 1.21. The summed E-state index contributed by atoms with van der Waals surface area (Å²) in [4.78, 5) is 0. The Morgan fingerprint density at radius 2 is 1.58 bits per heavy atom. The molecule has 0 spiro atoms. The summed E-state index contributed by atoms with van der Waals surface area (Å²) in [5, 5.41) is 0. The smallest absolute Gasteiger partial charge is 0.342 e. The summed E-state index contributed by atoms with van der Waals surface area (Å²) in [5.41, 5.74) is 0. The molecule has 12 heavy (non-hydrogen) atoms. The van der Waals surface area contributed by atoms with Gasteiger partial charge in [-0.25, -0.2) is 0 Å². The second-order valence-electron chi connectivity index (χ2n) is 2.87. The maximum Gasteiger partial charge on any atom is 1.00 e. The molecule has 70 valence electrons. The summed E-state index contributed by atoms with van der Waals surface area (Å²) in [6.45, 7) is 9.73. The Hall–Kier alpha value is 0.507. The molecule has 0 heterocycles. The fourth-order valence-electron chi connectivity index (χ4n) is 0.182. The van der Waals surface area contributed by atoms with Gasteiger partial charge in [0.1, 0.15) is 0 Å². The van der Waals surface area contributed by atoms with E-state index in [9.17, 15) is 8.42 Å². The van der Waals surface area contributed by atoms with Crippen LogP contribution in [0.2, 0.25) is 0 Å². The molecule has 0 saturated carbocycles. The molecule has 0 radical (unpaired) electrons. The van der Waals surface area contributed by atoms with Crippen LogP contribution in [0.3, 0.4) is 0 Å². The van der Waals surface area contributed by atoms with Crippen LogP contribution in [0.15, 0.2) is 0 Å². The molecule has 0 fully saturated rings. The number of rotatable bonds is 2. The van der Waals surface area contributed by atoms with E-state index < -0.39 is 10.1 Å². The maximum absolute atomic E-state index is 9.75. The fourth-order valence-corrected chi connectivity index (χ4v) is 0.547. The molecule has 0 aromatic heterocycles. The first-order valence-electron chi connectivity index (χ1n) is 3.54. The molecule has 0 atom stereocenters. The zero-order valence-corrected chi connectivity index (χ0v) is 9.19. The van der Waals surface area contributed by atoms with E-state index in [-0.39, 0.29) is 31.0 Å². The summed E-state index contributed by atoms with van der Waals surface area (Å²) >= 11 is 0. The van der Waals surface area contributed by atoms with Crippen LogP contribution in [0, 0.1) is 12.8 Å². The predicted molar refractivity (Wildman–Crippen MR) is 46.9 cm³/mol. The van der Waals surface area contributed by atoms with E-state index in [1.807, 2.05) is 0 Å². The molecule has 0 aliphatic rings. The van der Waals surface area contributed by atoms with Gasteiger partial charge < -0.3 is 6.92 Å². The van der Waals surface area contributed by atoms with Crippen LogP contribution in [-0.4, -0.2) is 18.7 Å². The Labute approximate surface area is 87.9 Å².